The molecular weight excluding hydrogens is 1020 g/mol. The molecule has 4 aliphatic rings. The van der Waals surface area contributed by atoms with E-state index in [-0.39, 0.29) is 21.7 Å². The smallest absolute Gasteiger partial charge is 0.0215 e. The molecule has 4 aliphatic carbocycles. The van der Waals surface area contributed by atoms with Gasteiger partial charge in [0.1, 0.15) is 0 Å². The summed E-state index contributed by atoms with van der Waals surface area (Å²) in [6.07, 6.45) is 14.4. The van der Waals surface area contributed by atoms with Crippen LogP contribution >= 0.6 is 0 Å². The van der Waals surface area contributed by atoms with Gasteiger partial charge in [-0.05, 0) is 278 Å². The zero-order chi connectivity index (χ0) is 59.9. The van der Waals surface area contributed by atoms with Gasteiger partial charge in [-0.3, -0.25) is 0 Å². The van der Waals surface area contributed by atoms with Crippen molar-refractivity contribution >= 4 is 0 Å². The summed E-state index contributed by atoms with van der Waals surface area (Å²) in [7, 11) is 0. The predicted octanol–water partition coefficient (Wildman–Crippen LogP) is 24.7. The van der Waals surface area contributed by atoms with Crippen LogP contribution in [0.15, 0.2) is 152 Å². The van der Waals surface area contributed by atoms with Gasteiger partial charge in [-0.2, -0.15) is 0 Å². The molecule has 0 heteroatoms. The van der Waals surface area contributed by atoms with E-state index < -0.39 is 0 Å². The summed E-state index contributed by atoms with van der Waals surface area (Å²) in [5.74, 6) is 3.86. The van der Waals surface area contributed by atoms with E-state index in [0.29, 0.717) is 35.5 Å². The first-order valence-corrected chi connectivity index (χ1v) is 33.7. The second-order valence-electron chi connectivity index (χ2n) is 30.6. The highest BCUT2D eigenvalue weighted by Gasteiger charge is 2.47. The van der Waals surface area contributed by atoms with Crippen molar-refractivity contribution in [2.24, 2.45) is 35.5 Å². The Balaban J connectivity index is 0.911. The average Bonchev–Trinajstić information content (AvgIpc) is 2.67. The van der Waals surface area contributed by atoms with Gasteiger partial charge < -0.3 is 0 Å². The predicted molar refractivity (Wildman–Crippen MR) is 368 cm³/mol. The van der Waals surface area contributed by atoms with Gasteiger partial charge in [0, 0.05) is 21.7 Å². The molecule has 0 nitrogen and oxygen atoms in total. The van der Waals surface area contributed by atoms with Crippen LogP contribution in [0.1, 0.15) is 224 Å². The van der Waals surface area contributed by atoms with E-state index in [0.717, 1.165) is 12.8 Å². The monoisotopic (exact) mass is 1120 g/mol. The molecule has 440 valence electrons. The Hall–Kier alpha value is -6.24. The summed E-state index contributed by atoms with van der Waals surface area (Å²) in [5, 5.41) is 0. The van der Waals surface area contributed by atoms with E-state index in [2.05, 4.69) is 256 Å². The molecule has 0 heterocycles. The minimum atomic E-state index is -0.163. The van der Waals surface area contributed by atoms with Crippen LogP contribution in [-0.2, 0) is 21.7 Å². The fraction of sp³-hybridized carbons (Fsp3) is 0.435. The second-order valence-corrected chi connectivity index (χ2v) is 30.6. The van der Waals surface area contributed by atoms with E-state index in [1.165, 1.54) is 159 Å². The molecule has 0 saturated carbocycles. The van der Waals surface area contributed by atoms with Crippen LogP contribution in [0.3, 0.4) is 0 Å². The van der Waals surface area contributed by atoms with Crippen LogP contribution < -0.4 is 0 Å². The minimum absolute atomic E-state index is 0.0279. The van der Waals surface area contributed by atoms with Gasteiger partial charge in [0.15, 0.2) is 0 Å². The van der Waals surface area contributed by atoms with Gasteiger partial charge >= 0.3 is 0 Å². The van der Waals surface area contributed by atoms with Gasteiger partial charge in [-0.15, -0.1) is 0 Å². The molecule has 0 bridgehead atoms. The molecule has 8 aromatic carbocycles. The summed E-state index contributed by atoms with van der Waals surface area (Å²) < 4.78 is 0. The Labute approximate surface area is 514 Å². The highest BCUT2D eigenvalue weighted by molar-refractivity contribution is 5.91. The summed E-state index contributed by atoms with van der Waals surface area (Å²) in [4.78, 5) is 0. The Bertz CT molecular complexity index is 3760. The zero-order valence-corrected chi connectivity index (χ0v) is 54.9. The normalized spacial score (nSPS) is 15.9. The molecule has 0 atom stereocenters. The summed E-state index contributed by atoms with van der Waals surface area (Å²) >= 11 is 0. The fourth-order valence-electron chi connectivity index (χ4n) is 16.6. The molecule has 0 saturated heterocycles. The van der Waals surface area contributed by atoms with Crippen molar-refractivity contribution < 1.29 is 0 Å². The van der Waals surface area contributed by atoms with Crippen LogP contribution in [0.4, 0.5) is 0 Å². The molecule has 85 heavy (non-hydrogen) atoms. The maximum Gasteiger partial charge on any atom is 0.0215 e. The van der Waals surface area contributed by atoms with Crippen molar-refractivity contribution in [2.45, 2.75) is 203 Å². The Kier molecular flexibility index (Phi) is 15.9. The lowest BCUT2D eigenvalue weighted by Gasteiger charge is -2.35. The third kappa shape index (κ3) is 10.3. The van der Waals surface area contributed by atoms with E-state index in [1.54, 1.807) is 33.4 Å². The van der Waals surface area contributed by atoms with Crippen molar-refractivity contribution in [3.8, 4) is 77.9 Å². The van der Waals surface area contributed by atoms with E-state index in [9.17, 15) is 0 Å². The highest BCUT2D eigenvalue weighted by atomic mass is 14.5. The van der Waals surface area contributed by atoms with Crippen molar-refractivity contribution in [3.05, 3.63) is 202 Å². The molecule has 0 unspecified atom stereocenters. The van der Waals surface area contributed by atoms with E-state index in [1.807, 2.05) is 0 Å². The molecule has 0 fully saturated rings. The lowest BCUT2D eigenvalue weighted by molar-refractivity contribution is 0.364. The molecule has 0 amide bonds. The lowest BCUT2D eigenvalue weighted by Crippen LogP contribution is -2.27. The quantitative estimate of drug-likeness (QED) is 0.0673. The van der Waals surface area contributed by atoms with Gasteiger partial charge in [0.25, 0.3) is 0 Å². The highest BCUT2D eigenvalue weighted by Crippen LogP contribution is 2.60. The molecule has 0 spiro atoms. The summed E-state index contributed by atoms with van der Waals surface area (Å²) in [6, 6.07) is 62.0. The molecular formula is C85H100. The van der Waals surface area contributed by atoms with Crippen LogP contribution in [-0.4, -0.2) is 0 Å². The lowest BCUT2D eigenvalue weighted by atomic mass is 9.68. The first-order valence-electron chi connectivity index (χ1n) is 33.7. The first-order chi connectivity index (χ1) is 40.6. The first kappa shape index (κ1) is 59.1. The number of fused-ring (bicyclic) bond motifs is 12. The van der Waals surface area contributed by atoms with Gasteiger partial charge in [0.05, 0.1) is 0 Å². The number of hydrogen-bond donors (Lipinski definition) is 0. The van der Waals surface area contributed by atoms with Crippen LogP contribution in [0.25, 0.3) is 77.9 Å². The Morgan fingerprint density at radius 3 is 0.765 bits per heavy atom. The zero-order valence-electron chi connectivity index (χ0n) is 54.9. The number of rotatable bonds is 21. The second kappa shape index (κ2) is 22.8. The molecule has 8 aromatic rings. The topological polar surface area (TPSA) is 0 Å². The molecule has 0 radical (unpaired) electrons. The molecule has 0 aliphatic heterocycles. The summed E-state index contributed by atoms with van der Waals surface area (Å²) in [5.41, 5.74) is 32.9. The SMILES string of the molecule is Cc1ccc2c(c1)C(CCC(C)C)(CCC(C)C)c1cc(-c3ccc4c(c3)C(C)(C)c3cc(-c5ccc6c(c5)C(CCC(C)C)(CCC(C)C)c5cc(-c7ccc8c(c7)C(CCC(C)C)(CCC(C)C)c7ccccc7-8)ccc5-6)ccc3-4)ccc1-2. The fourth-order valence-corrected chi connectivity index (χ4v) is 16.6. The number of aryl methyl sites for hydroxylation is 1. The molecule has 0 aromatic heterocycles. The maximum absolute atomic E-state index is 2.67. The van der Waals surface area contributed by atoms with Crippen molar-refractivity contribution in [1.82, 2.24) is 0 Å². The molecule has 12 rings (SSSR count). The number of hydrogen-bond acceptors (Lipinski definition) is 0. The van der Waals surface area contributed by atoms with E-state index in [4.69, 9.17) is 0 Å². The third-order valence-corrected chi connectivity index (χ3v) is 21.7. The van der Waals surface area contributed by atoms with Crippen molar-refractivity contribution in [1.29, 1.82) is 0 Å². The largest absolute Gasteiger partial charge is 0.0628 e. The minimum Gasteiger partial charge on any atom is -0.0628 e. The standard InChI is InChI=1S/C85H100/c1-53(2)34-40-83(41-35-54(3)4)74-19-17-16-18-66(74)70-30-23-64(49-78(70)83)65-26-33-73-72-32-25-63(51-80(72)85(81(73)52-65,44-38-57(9)10)45-39-58(11)12)61-22-29-68-67-28-21-60(47-75(67)82(14,15)76(68)48-61)62-24-31-71-69-27-20-59(13)46-77(69)84(79(71)50-62,42-36-55(5)6)43-37-56(7)8/h16-33,46-58H,34-45H2,1-15H3. The van der Waals surface area contributed by atoms with Crippen LogP contribution in [0, 0.1) is 42.4 Å². The van der Waals surface area contributed by atoms with Crippen molar-refractivity contribution in [2.75, 3.05) is 0 Å². The van der Waals surface area contributed by atoms with Gasteiger partial charge in [0.2, 0.25) is 0 Å². The van der Waals surface area contributed by atoms with Crippen molar-refractivity contribution in [3.63, 3.8) is 0 Å². The van der Waals surface area contributed by atoms with Gasteiger partial charge in [-0.25, -0.2) is 0 Å². The Morgan fingerprint density at radius 1 is 0.247 bits per heavy atom. The maximum atomic E-state index is 2.67. The average molecular weight is 1120 g/mol. The Morgan fingerprint density at radius 2 is 0.471 bits per heavy atom. The van der Waals surface area contributed by atoms with E-state index >= 15 is 0 Å². The molecule has 0 N–H and O–H groups in total. The van der Waals surface area contributed by atoms with Crippen LogP contribution in [0.5, 0.6) is 0 Å². The number of benzene rings is 8. The van der Waals surface area contributed by atoms with Gasteiger partial charge in [-0.1, -0.05) is 218 Å². The summed E-state index contributed by atoms with van der Waals surface area (Å²) in [6.45, 7) is 36.2. The van der Waals surface area contributed by atoms with Crippen LogP contribution in [0.2, 0.25) is 0 Å². The third-order valence-electron chi connectivity index (χ3n) is 21.7.